The van der Waals surface area contributed by atoms with E-state index >= 15 is 0 Å². The highest BCUT2D eigenvalue weighted by atomic mass is 17.2. The fourth-order valence-electron chi connectivity index (χ4n) is 1.99. The third-order valence-corrected chi connectivity index (χ3v) is 2.81. The molecule has 0 bridgehead atoms. The zero-order valence-corrected chi connectivity index (χ0v) is 11.4. The number of ether oxygens (including phenoxy) is 1. The maximum atomic E-state index is 10.9. The molecule has 2 rings (SSSR count). The SMILES string of the molecule is COc1c(C)cc2ccc(C#N)cc2c1OOC(C)=O. The van der Waals surface area contributed by atoms with E-state index < -0.39 is 5.97 Å². The number of hydrogen-bond acceptors (Lipinski definition) is 5. The van der Waals surface area contributed by atoms with Crippen molar-refractivity contribution in [3.8, 4) is 17.6 Å². The molecule has 2 aromatic carbocycles. The van der Waals surface area contributed by atoms with Crippen LogP contribution in [0.1, 0.15) is 18.1 Å². The molecule has 0 spiro atoms. The van der Waals surface area contributed by atoms with E-state index in [9.17, 15) is 4.79 Å². The smallest absolute Gasteiger partial charge is 0.352 e. The van der Waals surface area contributed by atoms with Gasteiger partial charge in [-0.3, -0.25) is 9.78 Å². The lowest BCUT2D eigenvalue weighted by Crippen LogP contribution is -2.05. The van der Waals surface area contributed by atoms with Gasteiger partial charge in [-0.05, 0) is 36.1 Å². The maximum absolute atomic E-state index is 10.9. The molecular formula is C15H13NO4. The van der Waals surface area contributed by atoms with Crippen molar-refractivity contribution in [2.75, 3.05) is 7.11 Å². The fraction of sp³-hybridized carbons (Fsp3) is 0.200. The third-order valence-electron chi connectivity index (χ3n) is 2.81. The second-order valence-electron chi connectivity index (χ2n) is 4.26. The Morgan fingerprint density at radius 2 is 2.00 bits per heavy atom. The summed E-state index contributed by atoms with van der Waals surface area (Å²) in [6.07, 6.45) is 0. The van der Waals surface area contributed by atoms with Crippen LogP contribution in [-0.2, 0) is 9.68 Å². The number of carbonyl (C=O) groups is 1. The van der Waals surface area contributed by atoms with E-state index in [0.717, 1.165) is 10.9 Å². The number of carbonyl (C=O) groups excluding carboxylic acids is 1. The summed E-state index contributed by atoms with van der Waals surface area (Å²) in [4.78, 5) is 20.6. The summed E-state index contributed by atoms with van der Waals surface area (Å²) in [5, 5.41) is 10.5. The molecule has 0 atom stereocenters. The summed E-state index contributed by atoms with van der Waals surface area (Å²) in [6, 6.07) is 9.15. The first-order chi connectivity index (χ1) is 9.56. The Bertz CT molecular complexity index is 716. The molecular weight excluding hydrogens is 258 g/mol. The third kappa shape index (κ3) is 2.50. The molecule has 0 heterocycles. The molecule has 0 unspecified atom stereocenters. The molecule has 102 valence electrons. The number of hydrogen-bond donors (Lipinski definition) is 0. The first kappa shape index (κ1) is 13.7. The number of nitrogens with zero attached hydrogens (tertiary/aromatic N) is 1. The van der Waals surface area contributed by atoms with Crippen LogP contribution in [0.2, 0.25) is 0 Å². The van der Waals surface area contributed by atoms with Gasteiger partial charge in [0.25, 0.3) is 0 Å². The summed E-state index contributed by atoms with van der Waals surface area (Å²) in [7, 11) is 1.50. The molecule has 2 aromatic rings. The first-order valence-electron chi connectivity index (χ1n) is 5.93. The van der Waals surface area contributed by atoms with Gasteiger partial charge in [-0.2, -0.15) is 5.26 Å². The van der Waals surface area contributed by atoms with Gasteiger partial charge in [0.05, 0.1) is 18.7 Å². The van der Waals surface area contributed by atoms with Gasteiger partial charge in [-0.25, -0.2) is 4.79 Å². The lowest BCUT2D eigenvalue weighted by Gasteiger charge is -2.13. The Hall–Kier alpha value is -2.74. The van der Waals surface area contributed by atoms with Gasteiger partial charge in [0, 0.05) is 12.3 Å². The Labute approximate surface area is 116 Å². The zero-order valence-electron chi connectivity index (χ0n) is 11.4. The van der Waals surface area contributed by atoms with Gasteiger partial charge >= 0.3 is 5.97 Å². The van der Waals surface area contributed by atoms with Crippen molar-refractivity contribution in [1.82, 2.24) is 0 Å². The minimum absolute atomic E-state index is 0.287. The quantitative estimate of drug-likeness (QED) is 0.634. The molecule has 0 aliphatic carbocycles. The van der Waals surface area contributed by atoms with Gasteiger partial charge in [0.15, 0.2) is 5.75 Å². The summed E-state index contributed by atoms with van der Waals surface area (Å²) in [6.45, 7) is 3.10. The number of aryl methyl sites for hydroxylation is 1. The van der Waals surface area contributed by atoms with E-state index in [1.165, 1.54) is 14.0 Å². The van der Waals surface area contributed by atoms with Crippen LogP contribution in [0.25, 0.3) is 10.8 Å². The van der Waals surface area contributed by atoms with Gasteiger partial charge in [0.2, 0.25) is 5.75 Å². The topological polar surface area (TPSA) is 68.6 Å². The average molecular weight is 271 g/mol. The van der Waals surface area contributed by atoms with Crippen molar-refractivity contribution in [1.29, 1.82) is 5.26 Å². The van der Waals surface area contributed by atoms with Crippen molar-refractivity contribution in [2.24, 2.45) is 0 Å². The second kappa shape index (κ2) is 5.49. The lowest BCUT2D eigenvalue weighted by molar-refractivity contribution is -0.210. The van der Waals surface area contributed by atoms with E-state index in [1.54, 1.807) is 18.2 Å². The summed E-state index contributed by atoms with van der Waals surface area (Å²) in [5.74, 6) is 0.182. The van der Waals surface area contributed by atoms with Crippen LogP contribution in [0.15, 0.2) is 24.3 Å². The largest absolute Gasteiger partial charge is 0.492 e. The highest BCUT2D eigenvalue weighted by Crippen LogP contribution is 2.39. The van der Waals surface area contributed by atoms with E-state index in [-0.39, 0.29) is 5.75 Å². The molecule has 0 N–H and O–H groups in total. The number of methoxy groups -OCH3 is 1. The highest BCUT2D eigenvalue weighted by Gasteiger charge is 2.16. The van der Waals surface area contributed by atoms with Crippen molar-refractivity contribution in [3.05, 3.63) is 35.4 Å². The molecule has 0 aliphatic rings. The van der Waals surface area contributed by atoms with Crippen molar-refractivity contribution < 1.29 is 19.3 Å². The predicted octanol–water partition coefficient (Wildman–Crippen LogP) is 2.89. The summed E-state index contributed by atoms with van der Waals surface area (Å²) in [5.41, 5.74) is 1.32. The number of fused-ring (bicyclic) bond motifs is 1. The van der Waals surface area contributed by atoms with Crippen LogP contribution in [0.4, 0.5) is 0 Å². The molecule has 0 saturated heterocycles. The number of rotatable bonds is 3. The summed E-state index contributed by atoms with van der Waals surface area (Å²) >= 11 is 0. The van der Waals surface area contributed by atoms with Crippen molar-refractivity contribution >= 4 is 16.7 Å². The predicted molar refractivity (Wildman–Crippen MR) is 72.3 cm³/mol. The zero-order chi connectivity index (χ0) is 14.7. The van der Waals surface area contributed by atoms with Crippen LogP contribution in [0.3, 0.4) is 0 Å². The first-order valence-corrected chi connectivity index (χ1v) is 5.93. The van der Waals surface area contributed by atoms with Crippen LogP contribution >= 0.6 is 0 Å². The van der Waals surface area contributed by atoms with E-state index in [1.807, 2.05) is 13.0 Å². The normalized spacial score (nSPS) is 9.90. The van der Waals surface area contributed by atoms with Gasteiger partial charge in [-0.15, -0.1) is 0 Å². The molecule has 0 aliphatic heterocycles. The Morgan fingerprint density at radius 3 is 2.60 bits per heavy atom. The van der Waals surface area contributed by atoms with Crippen LogP contribution < -0.4 is 9.62 Å². The van der Waals surface area contributed by atoms with Gasteiger partial charge < -0.3 is 4.74 Å². The van der Waals surface area contributed by atoms with Crippen molar-refractivity contribution in [3.63, 3.8) is 0 Å². The molecule has 20 heavy (non-hydrogen) atoms. The molecule has 0 aromatic heterocycles. The van der Waals surface area contributed by atoms with Crippen LogP contribution in [-0.4, -0.2) is 13.1 Å². The van der Waals surface area contributed by atoms with Gasteiger partial charge in [0.1, 0.15) is 0 Å². The second-order valence-corrected chi connectivity index (χ2v) is 4.26. The van der Waals surface area contributed by atoms with Gasteiger partial charge in [-0.1, -0.05) is 6.07 Å². The standard InChI is InChI=1S/C15H13NO4/c1-9-6-12-5-4-11(8-16)7-13(12)15(14(9)18-3)20-19-10(2)17/h4-7H,1-3H3. The molecule has 5 nitrogen and oxygen atoms in total. The molecule has 0 saturated carbocycles. The minimum atomic E-state index is -0.571. The number of benzene rings is 2. The lowest BCUT2D eigenvalue weighted by atomic mass is 10.0. The maximum Gasteiger partial charge on any atom is 0.352 e. The molecule has 0 amide bonds. The Kier molecular flexibility index (Phi) is 3.76. The monoisotopic (exact) mass is 271 g/mol. The van der Waals surface area contributed by atoms with Crippen LogP contribution in [0.5, 0.6) is 11.5 Å². The summed E-state index contributed by atoms with van der Waals surface area (Å²) < 4.78 is 5.29. The van der Waals surface area contributed by atoms with E-state index in [0.29, 0.717) is 16.7 Å². The number of nitriles is 1. The fourth-order valence-corrected chi connectivity index (χ4v) is 1.99. The Morgan fingerprint density at radius 1 is 1.25 bits per heavy atom. The van der Waals surface area contributed by atoms with E-state index in [2.05, 4.69) is 11.0 Å². The van der Waals surface area contributed by atoms with E-state index in [4.69, 9.17) is 14.9 Å². The van der Waals surface area contributed by atoms with Crippen molar-refractivity contribution in [2.45, 2.75) is 13.8 Å². The van der Waals surface area contributed by atoms with Crippen LogP contribution in [0, 0.1) is 18.3 Å². The molecule has 0 fully saturated rings. The average Bonchev–Trinajstić information content (AvgIpc) is 2.43. The minimum Gasteiger partial charge on any atom is -0.492 e. The molecule has 0 radical (unpaired) electrons. The Balaban J connectivity index is 2.69. The highest BCUT2D eigenvalue weighted by molar-refractivity contribution is 5.93. The molecule has 5 heteroatoms.